The number of amides is 2. The molecule has 1 aliphatic heterocycles. The molecule has 0 aromatic heterocycles. The first kappa shape index (κ1) is 15.8. The van der Waals surface area contributed by atoms with Crippen molar-refractivity contribution in [3.8, 4) is 0 Å². The molecule has 2 fully saturated rings. The van der Waals surface area contributed by atoms with Crippen LogP contribution in [-0.2, 0) is 14.4 Å². The summed E-state index contributed by atoms with van der Waals surface area (Å²) in [7, 11) is 5.27. The Morgan fingerprint density at radius 1 is 1.38 bits per heavy atom. The van der Waals surface area contributed by atoms with Crippen LogP contribution in [0.3, 0.4) is 0 Å². The largest absolute Gasteiger partial charge is 0.480 e. The molecule has 0 aromatic rings. The Hall–Kier alpha value is -1.57. The van der Waals surface area contributed by atoms with Crippen LogP contribution >= 0.6 is 0 Å². The van der Waals surface area contributed by atoms with Crippen molar-refractivity contribution in [2.24, 2.45) is 5.92 Å². The van der Waals surface area contributed by atoms with Crippen molar-refractivity contribution in [1.82, 2.24) is 15.4 Å². The number of aliphatic carboxylic acids is 1. The molecule has 1 heterocycles. The zero-order valence-electron chi connectivity index (χ0n) is 12.3. The molecular weight excluding hydrogens is 273 g/mol. The molecule has 3 atom stereocenters. The van der Waals surface area contributed by atoms with E-state index in [0.29, 0.717) is 25.8 Å². The van der Waals surface area contributed by atoms with E-state index < -0.39 is 29.5 Å². The molecule has 7 nitrogen and oxygen atoms in total. The van der Waals surface area contributed by atoms with Crippen LogP contribution in [0, 0.1) is 5.92 Å². The van der Waals surface area contributed by atoms with E-state index in [9.17, 15) is 14.4 Å². The molecule has 2 rings (SSSR count). The van der Waals surface area contributed by atoms with E-state index in [1.54, 1.807) is 6.92 Å². The minimum absolute atomic E-state index is 0.189. The van der Waals surface area contributed by atoms with Crippen LogP contribution in [0.5, 0.6) is 0 Å². The van der Waals surface area contributed by atoms with Gasteiger partial charge in [0.25, 0.3) is 0 Å². The zero-order chi connectivity index (χ0) is 15.8. The van der Waals surface area contributed by atoms with Crippen LogP contribution in [0.15, 0.2) is 0 Å². The van der Waals surface area contributed by atoms with Crippen molar-refractivity contribution < 1.29 is 19.5 Å². The Labute approximate surface area is 124 Å². The molecule has 0 bridgehead atoms. The number of nitrogens with one attached hydrogen (secondary N) is 2. The van der Waals surface area contributed by atoms with Gasteiger partial charge in [-0.1, -0.05) is 6.92 Å². The number of carboxylic acids is 1. The highest BCUT2D eigenvalue weighted by Gasteiger charge is 2.53. The normalized spacial score (nSPS) is 28.0. The van der Waals surface area contributed by atoms with E-state index in [0.717, 1.165) is 0 Å². The summed E-state index contributed by atoms with van der Waals surface area (Å²) in [4.78, 5) is 37.2. The number of rotatable bonds is 5. The van der Waals surface area contributed by atoms with Gasteiger partial charge in [-0.15, -0.1) is 0 Å². The molecule has 0 spiro atoms. The number of carbonyl (C=O) groups is 3. The van der Waals surface area contributed by atoms with Crippen LogP contribution in [0.2, 0.25) is 0 Å². The van der Waals surface area contributed by atoms with E-state index in [-0.39, 0.29) is 11.8 Å². The molecule has 2 amide bonds. The second-order valence-electron chi connectivity index (χ2n) is 6.11. The van der Waals surface area contributed by atoms with Crippen molar-refractivity contribution >= 4 is 25.8 Å². The molecule has 2 radical (unpaired) electrons. The van der Waals surface area contributed by atoms with Gasteiger partial charge in [-0.2, -0.15) is 0 Å². The molecule has 3 unspecified atom stereocenters. The third-order valence-corrected chi connectivity index (χ3v) is 4.24. The van der Waals surface area contributed by atoms with Crippen molar-refractivity contribution in [3.05, 3.63) is 0 Å². The van der Waals surface area contributed by atoms with E-state index in [1.165, 1.54) is 4.90 Å². The SMILES string of the molecule is [B]NC(C)C(=O)N1CC(C)CC1C(=O)NC1(C(=O)O)CC1. The Morgan fingerprint density at radius 3 is 2.48 bits per heavy atom. The van der Waals surface area contributed by atoms with Crippen LogP contribution in [0.4, 0.5) is 0 Å². The zero-order valence-corrected chi connectivity index (χ0v) is 12.3. The van der Waals surface area contributed by atoms with Gasteiger partial charge in [0.2, 0.25) is 11.8 Å². The summed E-state index contributed by atoms with van der Waals surface area (Å²) in [5, 5.41) is 14.1. The number of hydrogen-bond acceptors (Lipinski definition) is 4. The Kier molecular flexibility index (Phi) is 4.27. The molecule has 2 aliphatic rings. The van der Waals surface area contributed by atoms with Crippen molar-refractivity contribution in [2.45, 2.75) is 50.7 Å². The van der Waals surface area contributed by atoms with E-state index >= 15 is 0 Å². The fourth-order valence-corrected chi connectivity index (χ4v) is 2.69. The average molecular weight is 293 g/mol. The Balaban J connectivity index is 2.07. The highest BCUT2D eigenvalue weighted by atomic mass is 16.4. The summed E-state index contributed by atoms with van der Waals surface area (Å²) in [5.74, 6) is -1.47. The van der Waals surface area contributed by atoms with Crippen molar-refractivity contribution in [2.75, 3.05) is 6.54 Å². The predicted molar refractivity (Wildman–Crippen MR) is 75.4 cm³/mol. The third-order valence-electron chi connectivity index (χ3n) is 4.24. The molecule has 0 aromatic carbocycles. The first-order chi connectivity index (χ1) is 9.80. The minimum atomic E-state index is -1.13. The highest BCUT2D eigenvalue weighted by Crippen LogP contribution is 2.36. The van der Waals surface area contributed by atoms with Gasteiger partial charge < -0.3 is 20.6 Å². The van der Waals surface area contributed by atoms with Crippen LogP contribution in [0.25, 0.3) is 0 Å². The number of carbonyl (C=O) groups excluding carboxylic acids is 2. The van der Waals surface area contributed by atoms with Crippen LogP contribution < -0.4 is 10.5 Å². The molecule has 3 N–H and O–H groups in total. The lowest BCUT2D eigenvalue weighted by molar-refractivity contribution is -0.145. The van der Waals surface area contributed by atoms with Gasteiger partial charge in [-0.3, -0.25) is 9.59 Å². The number of likely N-dealkylation sites (tertiary alicyclic amines) is 1. The van der Waals surface area contributed by atoms with Gasteiger partial charge in [0.1, 0.15) is 11.6 Å². The van der Waals surface area contributed by atoms with Crippen LogP contribution in [0.1, 0.15) is 33.1 Å². The molecular formula is C13H20BN3O4. The highest BCUT2D eigenvalue weighted by molar-refractivity contribution is 6.07. The monoisotopic (exact) mass is 293 g/mol. The number of nitrogens with zero attached hydrogens (tertiary/aromatic N) is 1. The summed E-state index contributed by atoms with van der Waals surface area (Å²) in [6.45, 7) is 4.06. The summed E-state index contributed by atoms with van der Waals surface area (Å²) in [6, 6.07) is -1.21. The van der Waals surface area contributed by atoms with E-state index in [4.69, 9.17) is 13.1 Å². The van der Waals surface area contributed by atoms with Gasteiger partial charge in [0.15, 0.2) is 7.98 Å². The number of hydrogen-bond donors (Lipinski definition) is 3. The molecule has 1 aliphatic carbocycles. The number of carboxylic acid groups (broad SMARTS) is 1. The Morgan fingerprint density at radius 2 is 2.00 bits per heavy atom. The van der Waals surface area contributed by atoms with E-state index in [1.807, 2.05) is 6.92 Å². The maximum atomic E-state index is 12.4. The molecule has 1 saturated heterocycles. The first-order valence-corrected chi connectivity index (χ1v) is 7.13. The summed E-state index contributed by atoms with van der Waals surface area (Å²) in [5.41, 5.74) is -1.13. The van der Waals surface area contributed by atoms with Gasteiger partial charge in [-0.05, 0) is 32.1 Å². The molecule has 114 valence electrons. The average Bonchev–Trinajstić information content (AvgIpc) is 3.12. The molecule has 8 heteroatoms. The van der Waals surface area contributed by atoms with Crippen molar-refractivity contribution in [1.29, 1.82) is 0 Å². The lowest BCUT2D eigenvalue weighted by Crippen LogP contribution is -2.54. The fourth-order valence-electron chi connectivity index (χ4n) is 2.69. The fraction of sp³-hybridized carbons (Fsp3) is 0.769. The maximum Gasteiger partial charge on any atom is 0.329 e. The van der Waals surface area contributed by atoms with Crippen LogP contribution in [-0.4, -0.2) is 59.9 Å². The van der Waals surface area contributed by atoms with Gasteiger partial charge >= 0.3 is 5.97 Å². The second kappa shape index (κ2) is 5.67. The standard InChI is InChI=1S/C13H20BN3O4/c1-7-5-9(17(6-7)11(19)8(2)16-14)10(18)15-13(3-4-13)12(20)21/h7-9,16H,3-6H2,1-2H3,(H,15,18)(H,20,21). The maximum absolute atomic E-state index is 12.4. The molecule has 21 heavy (non-hydrogen) atoms. The van der Waals surface area contributed by atoms with Crippen molar-refractivity contribution in [3.63, 3.8) is 0 Å². The summed E-state index contributed by atoms with van der Waals surface area (Å²) >= 11 is 0. The lowest BCUT2D eigenvalue weighted by Gasteiger charge is -2.27. The predicted octanol–water partition coefficient (Wildman–Crippen LogP) is -0.982. The Bertz CT molecular complexity index is 466. The van der Waals surface area contributed by atoms with Gasteiger partial charge in [0, 0.05) is 6.54 Å². The summed E-state index contributed by atoms with van der Waals surface area (Å²) in [6.07, 6.45) is 1.40. The minimum Gasteiger partial charge on any atom is -0.480 e. The topological polar surface area (TPSA) is 98.7 Å². The molecule has 1 saturated carbocycles. The lowest BCUT2D eigenvalue weighted by atomic mass is 10.1. The van der Waals surface area contributed by atoms with Gasteiger partial charge in [0.05, 0.1) is 6.04 Å². The van der Waals surface area contributed by atoms with E-state index in [2.05, 4.69) is 10.5 Å². The van der Waals surface area contributed by atoms with Gasteiger partial charge in [-0.25, -0.2) is 4.79 Å². The first-order valence-electron chi connectivity index (χ1n) is 7.13. The smallest absolute Gasteiger partial charge is 0.329 e. The third kappa shape index (κ3) is 3.05. The quantitative estimate of drug-likeness (QED) is 0.566. The summed E-state index contributed by atoms with van der Waals surface area (Å²) < 4.78 is 0. The second-order valence-corrected chi connectivity index (χ2v) is 6.11.